The lowest BCUT2D eigenvalue weighted by Gasteiger charge is -2.21. The molecule has 1 fully saturated rings. The third-order valence-electron chi connectivity index (χ3n) is 5.12. The van der Waals surface area contributed by atoms with Crippen LogP contribution in [-0.2, 0) is 4.74 Å². The Morgan fingerprint density at radius 2 is 1.84 bits per heavy atom. The topological polar surface area (TPSA) is 141 Å². The summed E-state index contributed by atoms with van der Waals surface area (Å²) >= 11 is 0. The number of alkyl halides is 2. The van der Waals surface area contributed by atoms with E-state index in [-0.39, 0.29) is 17.0 Å². The molecule has 0 bridgehead atoms. The zero-order chi connectivity index (χ0) is 23.0. The standard InChI is InChI=1S/C21H18F2N4O5/c22-21(23)17(29)15(10-28)32-19(21)27-9-8-14(26-20(27)31)12-6-7-13(25-16(12)18(24)30)11-4-2-1-3-5-11/h1-9,15,17,19,28-29H,10H2,(H2,24,30)/t15-,17-,19-/m1/s1. The van der Waals surface area contributed by atoms with E-state index in [1.165, 1.54) is 12.1 Å². The lowest BCUT2D eigenvalue weighted by atomic mass is 10.1. The van der Waals surface area contributed by atoms with Crippen molar-refractivity contribution in [2.45, 2.75) is 24.4 Å². The average Bonchev–Trinajstić information content (AvgIpc) is 3.02. The van der Waals surface area contributed by atoms with Crippen LogP contribution in [0.5, 0.6) is 0 Å². The molecule has 3 atom stereocenters. The highest BCUT2D eigenvalue weighted by Crippen LogP contribution is 2.42. The molecule has 1 saturated heterocycles. The van der Waals surface area contributed by atoms with Crippen LogP contribution in [0, 0.1) is 0 Å². The third kappa shape index (κ3) is 3.66. The Balaban J connectivity index is 1.74. The Bertz CT molecular complexity index is 1220. The molecule has 3 aromatic rings. The minimum Gasteiger partial charge on any atom is -0.394 e. The SMILES string of the molecule is NC(=O)c1nc(-c2ccccc2)ccc1-c1ccn([C@@H]2O[C@H](CO)[C@@H](O)C2(F)F)c(=O)n1. The number of nitrogens with two attached hydrogens (primary N) is 1. The van der Waals surface area contributed by atoms with Crippen LogP contribution in [0.4, 0.5) is 8.78 Å². The molecule has 1 amide bonds. The van der Waals surface area contributed by atoms with Crippen molar-refractivity contribution in [3.8, 4) is 22.5 Å². The number of hydrogen-bond donors (Lipinski definition) is 3. The predicted octanol–water partition coefficient (Wildman–Crippen LogP) is 0.957. The van der Waals surface area contributed by atoms with Gasteiger partial charge in [-0.1, -0.05) is 30.3 Å². The molecule has 0 radical (unpaired) electrons. The van der Waals surface area contributed by atoms with Crippen molar-refractivity contribution in [1.29, 1.82) is 0 Å². The van der Waals surface area contributed by atoms with Crippen LogP contribution in [0.15, 0.2) is 59.5 Å². The maximum Gasteiger partial charge on any atom is 0.350 e. The van der Waals surface area contributed by atoms with E-state index < -0.39 is 42.6 Å². The van der Waals surface area contributed by atoms with Crippen LogP contribution < -0.4 is 11.4 Å². The van der Waals surface area contributed by atoms with Gasteiger partial charge in [-0.15, -0.1) is 0 Å². The van der Waals surface area contributed by atoms with Crippen LogP contribution in [0.2, 0.25) is 0 Å². The quantitative estimate of drug-likeness (QED) is 0.532. The van der Waals surface area contributed by atoms with Gasteiger partial charge in [-0.05, 0) is 18.2 Å². The van der Waals surface area contributed by atoms with Crippen molar-refractivity contribution in [3.63, 3.8) is 0 Å². The molecule has 11 heteroatoms. The summed E-state index contributed by atoms with van der Waals surface area (Å²) in [6, 6.07) is 13.4. The maximum absolute atomic E-state index is 14.4. The molecule has 0 aliphatic carbocycles. The van der Waals surface area contributed by atoms with Crippen molar-refractivity contribution < 1.29 is 28.5 Å². The minimum atomic E-state index is -3.84. The number of aromatic nitrogens is 3. The van der Waals surface area contributed by atoms with E-state index in [9.17, 15) is 23.5 Å². The Hall–Kier alpha value is -3.54. The highest BCUT2D eigenvalue weighted by Gasteiger charge is 2.59. The second kappa shape index (κ2) is 8.19. The number of aliphatic hydroxyl groups is 2. The number of benzene rings is 1. The molecule has 9 nitrogen and oxygen atoms in total. The Morgan fingerprint density at radius 3 is 2.44 bits per heavy atom. The molecule has 4 N–H and O–H groups in total. The molecule has 1 aromatic carbocycles. The summed E-state index contributed by atoms with van der Waals surface area (Å²) in [4.78, 5) is 32.6. The molecule has 3 heterocycles. The first-order chi connectivity index (χ1) is 15.2. The Labute approximate surface area is 179 Å². The zero-order valence-corrected chi connectivity index (χ0v) is 16.4. The first-order valence-electron chi connectivity index (χ1n) is 9.52. The van der Waals surface area contributed by atoms with Gasteiger partial charge >= 0.3 is 11.6 Å². The third-order valence-corrected chi connectivity index (χ3v) is 5.12. The number of carbonyl (C=O) groups is 1. The highest BCUT2D eigenvalue weighted by atomic mass is 19.3. The van der Waals surface area contributed by atoms with Crippen molar-refractivity contribution >= 4 is 5.91 Å². The van der Waals surface area contributed by atoms with E-state index >= 15 is 0 Å². The fourth-order valence-electron chi connectivity index (χ4n) is 3.48. The van der Waals surface area contributed by atoms with E-state index in [1.54, 1.807) is 30.3 Å². The second-order valence-electron chi connectivity index (χ2n) is 7.15. The molecule has 0 unspecified atom stereocenters. The Morgan fingerprint density at radius 1 is 1.12 bits per heavy atom. The molecule has 2 aromatic heterocycles. The van der Waals surface area contributed by atoms with Gasteiger partial charge in [0.05, 0.1) is 18.0 Å². The Kier molecular flexibility index (Phi) is 5.55. The van der Waals surface area contributed by atoms with Gasteiger partial charge in [0.2, 0.25) is 6.23 Å². The number of hydrogen-bond acceptors (Lipinski definition) is 7. The summed E-state index contributed by atoms with van der Waals surface area (Å²) in [6.45, 7) is -0.852. The van der Waals surface area contributed by atoms with Crippen molar-refractivity contribution in [1.82, 2.24) is 14.5 Å². The molecule has 166 valence electrons. The van der Waals surface area contributed by atoms with Gasteiger partial charge in [0.15, 0.2) is 6.10 Å². The van der Waals surface area contributed by atoms with Crippen LogP contribution in [0.3, 0.4) is 0 Å². The number of nitrogens with zero attached hydrogens (tertiary/aromatic N) is 3. The monoisotopic (exact) mass is 444 g/mol. The smallest absolute Gasteiger partial charge is 0.350 e. The second-order valence-corrected chi connectivity index (χ2v) is 7.15. The van der Waals surface area contributed by atoms with E-state index in [4.69, 9.17) is 15.6 Å². The highest BCUT2D eigenvalue weighted by molar-refractivity contribution is 5.98. The number of amides is 1. The van der Waals surface area contributed by atoms with Gasteiger partial charge in [-0.25, -0.2) is 9.78 Å². The number of halogens is 2. The lowest BCUT2D eigenvalue weighted by molar-refractivity contribution is -0.140. The number of carbonyl (C=O) groups excluding carboxylic acids is 1. The largest absolute Gasteiger partial charge is 0.394 e. The van der Waals surface area contributed by atoms with E-state index in [1.807, 2.05) is 6.07 Å². The zero-order valence-electron chi connectivity index (χ0n) is 16.4. The van der Waals surface area contributed by atoms with Crippen molar-refractivity contribution in [3.05, 3.63) is 70.9 Å². The first kappa shape index (κ1) is 21.7. The molecule has 32 heavy (non-hydrogen) atoms. The van der Waals surface area contributed by atoms with Gasteiger partial charge in [-0.2, -0.15) is 13.8 Å². The normalized spacial score (nSPS) is 22.1. The van der Waals surface area contributed by atoms with Gasteiger partial charge < -0.3 is 20.7 Å². The maximum atomic E-state index is 14.4. The first-order valence-corrected chi connectivity index (χ1v) is 9.52. The van der Waals surface area contributed by atoms with E-state index in [0.717, 1.165) is 11.8 Å². The number of rotatable bonds is 5. The number of aliphatic hydroxyl groups excluding tert-OH is 2. The molecular formula is C21H18F2N4O5. The molecule has 4 rings (SSSR count). The van der Waals surface area contributed by atoms with Gasteiger partial charge in [0.25, 0.3) is 5.91 Å². The summed E-state index contributed by atoms with van der Waals surface area (Å²) in [5.41, 5.74) is 5.56. The van der Waals surface area contributed by atoms with Crippen LogP contribution >= 0.6 is 0 Å². The van der Waals surface area contributed by atoms with Crippen molar-refractivity contribution in [2.75, 3.05) is 6.61 Å². The summed E-state index contributed by atoms with van der Waals surface area (Å²) in [5.74, 6) is -4.69. The summed E-state index contributed by atoms with van der Waals surface area (Å²) in [7, 11) is 0. The van der Waals surface area contributed by atoms with Crippen molar-refractivity contribution in [2.24, 2.45) is 5.73 Å². The van der Waals surface area contributed by atoms with Crippen LogP contribution in [0.25, 0.3) is 22.5 Å². The average molecular weight is 444 g/mol. The van der Waals surface area contributed by atoms with Crippen LogP contribution in [-0.4, -0.2) is 55.4 Å². The summed E-state index contributed by atoms with van der Waals surface area (Å²) in [6.07, 6.45) is -5.00. The van der Waals surface area contributed by atoms with Gasteiger partial charge in [0.1, 0.15) is 11.8 Å². The van der Waals surface area contributed by atoms with Crippen LogP contribution in [0.1, 0.15) is 16.7 Å². The fourth-order valence-corrected chi connectivity index (χ4v) is 3.48. The molecule has 0 saturated carbocycles. The summed E-state index contributed by atoms with van der Waals surface area (Å²) in [5, 5.41) is 18.8. The number of pyridine rings is 1. The van der Waals surface area contributed by atoms with E-state index in [2.05, 4.69) is 9.97 Å². The summed E-state index contributed by atoms with van der Waals surface area (Å²) < 4.78 is 34.2. The molecule has 1 aliphatic heterocycles. The van der Waals surface area contributed by atoms with E-state index in [0.29, 0.717) is 10.3 Å². The predicted molar refractivity (Wildman–Crippen MR) is 108 cm³/mol. The molecule has 0 spiro atoms. The van der Waals surface area contributed by atoms with Gasteiger partial charge in [-0.3, -0.25) is 9.36 Å². The molecular weight excluding hydrogens is 426 g/mol. The number of primary amides is 1. The van der Waals surface area contributed by atoms with Gasteiger partial charge in [0, 0.05) is 17.3 Å². The molecule has 1 aliphatic rings. The fraction of sp³-hybridized carbons (Fsp3) is 0.238. The lowest BCUT2D eigenvalue weighted by Crippen LogP contribution is -2.41. The number of ether oxygens (including phenoxy) is 1. The minimum absolute atomic E-state index is 0.00673.